The van der Waals surface area contributed by atoms with E-state index in [1.807, 2.05) is 30.3 Å². The molecule has 26 heavy (non-hydrogen) atoms. The Balaban J connectivity index is 1.85. The number of carbonyl (C=O) groups is 2. The Morgan fingerprint density at radius 1 is 1.31 bits per heavy atom. The summed E-state index contributed by atoms with van der Waals surface area (Å²) in [6, 6.07) is 9.55. The first-order valence-corrected chi connectivity index (χ1v) is 8.73. The Bertz CT molecular complexity index is 802. The lowest BCUT2D eigenvalue weighted by Crippen LogP contribution is -2.52. The Morgan fingerprint density at radius 3 is 2.73 bits per heavy atom. The highest BCUT2D eigenvalue weighted by molar-refractivity contribution is 6.00. The van der Waals surface area contributed by atoms with Gasteiger partial charge in [-0.3, -0.25) is 14.3 Å². The lowest BCUT2D eigenvalue weighted by molar-refractivity contribution is -0.127. The zero-order valence-corrected chi connectivity index (χ0v) is 15.1. The van der Waals surface area contributed by atoms with Crippen LogP contribution >= 0.6 is 0 Å². The van der Waals surface area contributed by atoms with Gasteiger partial charge in [0.2, 0.25) is 5.91 Å². The topological polar surface area (TPSA) is 87.5 Å². The summed E-state index contributed by atoms with van der Waals surface area (Å²) >= 11 is 0. The molecule has 138 valence electrons. The summed E-state index contributed by atoms with van der Waals surface area (Å²) in [6.07, 6.45) is 2.85. The van der Waals surface area contributed by atoms with E-state index in [0.29, 0.717) is 30.6 Å². The first kappa shape index (κ1) is 18.1. The fourth-order valence-corrected chi connectivity index (χ4v) is 3.44. The number of hydrogen-bond donors (Lipinski definition) is 2. The monoisotopic (exact) mass is 356 g/mol. The van der Waals surface area contributed by atoms with Gasteiger partial charge in [-0.1, -0.05) is 30.3 Å². The maximum absolute atomic E-state index is 13.1. The third kappa shape index (κ3) is 3.77. The fourth-order valence-electron chi connectivity index (χ4n) is 3.44. The number of amides is 2. The molecule has 0 saturated carbocycles. The highest BCUT2D eigenvalue weighted by Crippen LogP contribution is 2.28. The van der Waals surface area contributed by atoms with Gasteiger partial charge in [0, 0.05) is 32.4 Å². The minimum absolute atomic E-state index is 0.00807. The molecule has 1 atom stereocenters. The molecule has 0 aliphatic carbocycles. The van der Waals surface area contributed by atoms with Gasteiger partial charge in [0.05, 0.1) is 24.1 Å². The number of aromatic nitrogens is 2. The predicted octanol–water partition coefficient (Wildman–Crippen LogP) is 1.19. The minimum Gasteiger partial charge on any atom is -0.388 e. The van der Waals surface area contributed by atoms with Crippen LogP contribution in [0.25, 0.3) is 11.3 Å². The number of β-amino-alcohol motifs (C(OH)–C–C–N with tert-alkyl or cyclic N) is 1. The van der Waals surface area contributed by atoms with Gasteiger partial charge in [-0.25, -0.2) is 0 Å². The van der Waals surface area contributed by atoms with E-state index in [0.717, 1.165) is 5.56 Å². The van der Waals surface area contributed by atoms with E-state index < -0.39 is 5.60 Å². The second-order valence-electron chi connectivity index (χ2n) is 6.84. The molecule has 1 aliphatic heterocycles. The van der Waals surface area contributed by atoms with E-state index in [2.05, 4.69) is 10.4 Å². The Hall–Kier alpha value is -2.67. The predicted molar refractivity (Wildman–Crippen MR) is 97.4 cm³/mol. The normalized spacial score (nSPS) is 20.0. The molecule has 1 fully saturated rings. The van der Waals surface area contributed by atoms with Crippen LogP contribution in [-0.4, -0.2) is 57.3 Å². The van der Waals surface area contributed by atoms with Crippen LogP contribution in [0.1, 0.15) is 29.6 Å². The van der Waals surface area contributed by atoms with Crippen molar-refractivity contribution >= 4 is 11.8 Å². The van der Waals surface area contributed by atoms with Gasteiger partial charge >= 0.3 is 0 Å². The third-order valence-corrected chi connectivity index (χ3v) is 4.72. The summed E-state index contributed by atoms with van der Waals surface area (Å²) in [4.78, 5) is 26.4. The molecule has 0 radical (unpaired) electrons. The first-order valence-electron chi connectivity index (χ1n) is 8.73. The molecule has 2 aromatic rings. The van der Waals surface area contributed by atoms with E-state index in [4.69, 9.17) is 0 Å². The molecule has 2 heterocycles. The van der Waals surface area contributed by atoms with E-state index in [-0.39, 0.29) is 24.8 Å². The average molecular weight is 356 g/mol. The van der Waals surface area contributed by atoms with Crippen LogP contribution in [0.3, 0.4) is 0 Å². The van der Waals surface area contributed by atoms with Crippen molar-refractivity contribution in [1.29, 1.82) is 0 Å². The van der Waals surface area contributed by atoms with Crippen molar-refractivity contribution < 1.29 is 14.7 Å². The van der Waals surface area contributed by atoms with Crippen molar-refractivity contribution in [3.8, 4) is 11.3 Å². The van der Waals surface area contributed by atoms with Gasteiger partial charge in [0.25, 0.3) is 5.91 Å². The summed E-state index contributed by atoms with van der Waals surface area (Å²) in [7, 11) is 3.32. The first-order chi connectivity index (χ1) is 12.4. The molecule has 2 amide bonds. The van der Waals surface area contributed by atoms with Gasteiger partial charge in [-0.15, -0.1) is 0 Å². The number of benzene rings is 1. The van der Waals surface area contributed by atoms with Gasteiger partial charge in [-0.2, -0.15) is 5.10 Å². The van der Waals surface area contributed by atoms with Gasteiger partial charge < -0.3 is 15.3 Å². The second-order valence-corrected chi connectivity index (χ2v) is 6.84. The van der Waals surface area contributed by atoms with Crippen LogP contribution in [0.2, 0.25) is 0 Å². The van der Waals surface area contributed by atoms with Crippen LogP contribution in [0.4, 0.5) is 0 Å². The molecular weight excluding hydrogens is 332 g/mol. The fraction of sp³-hybridized carbons (Fsp3) is 0.421. The third-order valence-electron chi connectivity index (χ3n) is 4.72. The van der Waals surface area contributed by atoms with E-state index in [1.165, 1.54) is 0 Å². The summed E-state index contributed by atoms with van der Waals surface area (Å²) < 4.78 is 1.62. The summed E-state index contributed by atoms with van der Waals surface area (Å²) in [5.41, 5.74) is 0.804. The quantitative estimate of drug-likeness (QED) is 0.861. The van der Waals surface area contributed by atoms with Crippen molar-refractivity contribution in [2.24, 2.45) is 7.05 Å². The molecular formula is C19H24N4O3. The van der Waals surface area contributed by atoms with Crippen LogP contribution in [0, 0.1) is 0 Å². The molecule has 3 rings (SSSR count). The van der Waals surface area contributed by atoms with Gasteiger partial charge in [0.15, 0.2) is 0 Å². The molecule has 1 aliphatic rings. The highest BCUT2D eigenvalue weighted by Gasteiger charge is 2.38. The largest absolute Gasteiger partial charge is 0.388 e. The summed E-state index contributed by atoms with van der Waals surface area (Å²) in [6.45, 7) is 0.695. The van der Waals surface area contributed by atoms with Crippen molar-refractivity contribution in [3.05, 3.63) is 42.1 Å². The van der Waals surface area contributed by atoms with Crippen molar-refractivity contribution in [1.82, 2.24) is 20.0 Å². The van der Waals surface area contributed by atoms with Gasteiger partial charge in [0.1, 0.15) is 5.69 Å². The minimum atomic E-state index is -1.19. The molecule has 1 unspecified atom stereocenters. The summed E-state index contributed by atoms with van der Waals surface area (Å²) in [5.74, 6) is -0.403. The van der Waals surface area contributed by atoms with Crippen LogP contribution in [0.15, 0.2) is 36.5 Å². The Labute approximate surface area is 152 Å². The number of piperidine rings is 1. The maximum Gasteiger partial charge on any atom is 0.257 e. The van der Waals surface area contributed by atoms with Crippen LogP contribution < -0.4 is 5.32 Å². The maximum atomic E-state index is 13.1. The Kier molecular flexibility index (Phi) is 5.08. The van der Waals surface area contributed by atoms with Crippen molar-refractivity contribution in [2.45, 2.75) is 24.9 Å². The zero-order valence-electron chi connectivity index (χ0n) is 15.1. The number of hydrogen-bond acceptors (Lipinski definition) is 4. The average Bonchev–Trinajstić information content (AvgIpc) is 3.03. The second kappa shape index (κ2) is 7.29. The van der Waals surface area contributed by atoms with E-state index >= 15 is 0 Å². The molecule has 0 spiro atoms. The summed E-state index contributed by atoms with van der Waals surface area (Å²) in [5, 5.41) is 17.7. The van der Waals surface area contributed by atoms with Crippen LogP contribution in [-0.2, 0) is 11.8 Å². The van der Waals surface area contributed by atoms with E-state index in [1.54, 1.807) is 29.9 Å². The number of aryl methyl sites for hydroxylation is 1. The number of likely N-dealkylation sites (tertiary alicyclic amines) is 1. The molecule has 1 aromatic heterocycles. The smallest absolute Gasteiger partial charge is 0.257 e. The van der Waals surface area contributed by atoms with Crippen molar-refractivity contribution in [3.63, 3.8) is 0 Å². The number of nitrogens with one attached hydrogen (secondary N) is 1. The molecule has 1 saturated heterocycles. The number of rotatable bonds is 4. The van der Waals surface area contributed by atoms with E-state index in [9.17, 15) is 14.7 Å². The standard InChI is InChI=1S/C19H24N4O3/c1-20-16(24)11-19(26)9-6-10-23(13-19)18(25)15-12-22(2)21-17(15)14-7-4-3-5-8-14/h3-5,7-8,12,26H,6,9-11,13H2,1-2H3,(H,20,24). The lowest BCUT2D eigenvalue weighted by Gasteiger charge is -2.38. The zero-order chi connectivity index (χ0) is 18.7. The number of nitrogens with zero attached hydrogens (tertiary/aromatic N) is 3. The van der Waals surface area contributed by atoms with Gasteiger partial charge in [-0.05, 0) is 12.8 Å². The number of aliphatic hydroxyl groups is 1. The molecule has 2 N–H and O–H groups in total. The highest BCUT2D eigenvalue weighted by atomic mass is 16.3. The molecule has 1 aromatic carbocycles. The van der Waals surface area contributed by atoms with Crippen LogP contribution in [0.5, 0.6) is 0 Å². The SMILES string of the molecule is CNC(=O)CC1(O)CCCN(C(=O)c2cn(C)nc2-c2ccccc2)C1. The lowest BCUT2D eigenvalue weighted by atomic mass is 9.89. The molecule has 0 bridgehead atoms. The molecule has 7 heteroatoms. The molecule has 7 nitrogen and oxygen atoms in total. The Morgan fingerprint density at radius 2 is 2.04 bits per heavy atom. The number of carbonyl (C=O) groups excluding carboxylic acids is 2. The van der Waals surface area contributed by atoms with Crippen molar-refractivity contribution in [2.75, 3.05) is 20.1 Å².